The van der Waals surface area contributed by atoms with Gasteiger partial charge in [-0.05, 0) is 31.5 Å². The molecule has 0 saturated carbocycles. The molecule has 1 aromatic carbocycles. The van der Waals surface area contributed by atoms with E-state index in [1.807, 2.05) is 44.4 Å². The van der Waals surface area contributed by atoms with E-state index < -0.39 is 5.60 Å². The lowest BCUT2D eigenvalue weighted by Gasteiger charge is -2.23. The van der Waals surface area contributed by atoms with Crippen molar-refractivity contribution in [3.8, 4) is 5.75 Å². The lowest BCUT2D eigenvalue weighted by atomic mass is 10.00. The predicted octanol–water partition coefficient (Wildman–Crippen LogP) is 2.01. The van der Waals surface area contributed by atoms with E-state index in [0.717, 1.165) is 23.4 Å². The molecule has 7 nitrogen and oxygen atoms in total. The lowest BCUT2D eigenvalue weighted by molar-refractivity contribution is 0.0616. The van der Waals surface area contributed by atoms with Gasteiger partial charge in [0.05, 0.1) is 26.4 Å². The molecule has 0 aliphatic heterocycles. The van der Waals surface area contributed by atoms with Crippen LogP contribution in [0.25, 0.3) is 0 Å². The molecule has 0 aliphatic carbocycles. The summed E-state index contributed by atoms with van der Waals surface area (Å²) < 4.78 is 6.90. The minimum absolute atomic E-state index is 0. The number of aromatic nitrogens is 2. The summed E-state index contributed by atoms with van der Waals surface area (Å²) in [6, 6.07) is 7.80. The van der Waals surface area contributed by atoms with E-state index in [4.69, 9.17) is 4.74 Å². The van der Waals surface area contributed by atoms with Gasteiger partial charge in [-0.1, -0.05) is 12.1 Å². The van der Waals surface area contributed by atoms with E-state index in [1.165, 1.54) is 0 Å². The van der Waals surface area contributed by atoms with Gasteiger partial charge in [0.25, 0.3) is 0 Å². The average Bonchev–Trinajstić information content (AvgIpc) is 3.05. The highest BCUT2D eigenvalue weighted by molar-refractivity contribution is 14.0. The Labute approximate surface area is 171 Å². The number of aliphatic hydroxyl groups is 1. The fraction of sp³-hybridized carbons (Fsp3) is 0.444. The van der Waals surface area contributed by atoms with Crippen molar-refractivity contribution in [1.29, 1.82) is 0 Å². The van der Waals surface area contributed by atoms with Crippen molar-refractivity contribution >= 4 is 29.9 Å². The quantitative estimate of drug-likeness (QED) is 0.326. The van der Waals surface area contributed by atoms with Gasteiger partial charge < -0.3 is 20.5 Å². The molecule has 1 unspecified atom stereocenters. The Kier molecular flexibility index (Phi) is 8.86. The predicted molar refractivity (Wildman–Crippen MR) is 114 cm³/mol. The monoisotopic (exact) mass is 473 g/mol. The van der Waals surface area contributed by atoms with Crippen LogP contribution in [0.4, 0.5) is 0 Å². The van der Waals surface area contributed by atoms with Gasteiger partial charge in [-0.3, -0.25) is 4.68 Å². The van der Waals surface area contributed by atoms with Crippen LogP contribution in [0, 0.1) is 0 Å². The van der Waals surface area contributed by atoms with Crippen LogP contribution in [-0.2, 0) is 19.2 Å². The number of nitrogens with zero attached hydrogens (tertiary/aromatic N) is 3. The highest BCUT2D eigenvalue weighted by atomic mass is 127. The van der Waals surface area contributed by atoms with E-state index in [2.05, 4.69) is 20.7 Å². The number of aliphatic imine (C=N–C) groups is 1. The highest BCUT2D eigenvalue weighted by Gasteiger charge is 2.24. The maximum atomic E-state index is 10.7. The first-order valence-electron chi connectivity index (χ1n) is 8.31. The van der Waals surface area contributed by atoms with Crippen LogP contribution in [0.3, 0.4) is 0 Å². The van der Waals surface area contributed by atoms with E-state index in [0.29, 0.717) is 19.0 Å². The fourth-order valence-corrected chi connectivity index (χ4v) is 2.34. The van der Waals surface area contributed by atoms with E-state index in [1.54, 1.807) is 24.9 Å². The number of ether oxygens (including phenoxy) is 1. The normalized spacial score (nSPS) is 13.5. The first kappa shape index (κ1) is 22.2. The first-order valence-corrected chi connectivity index (χ1v) is 8.31. The Bertz CT molecular complexity index is 715. The zero-order valence-electron chi connectivity index (χ0n) is 15.7. The summed E-state index contributed by atoms with van der Waals surface area (Å²) in [6.07, 6.45) is 3.48. The number of benzene rings is 1. The maximum Gasteiger partial charge on any atom is 0.191 e. The van der Waals surface area contributed by atoms with Crippen molar-refractivity contribution in [1.82, 2.24) is 20.4 Å². The first-order chi connectivity index (χ1) is 11.9. The molecule has 0 aliphatic rings. The van der Waals surface area contributed by atoms with Gasteiger partial charge in [-0.2, -0.15) is 5.10 Å². The molecule has 1 heterocycles. The van der Waals surface area contributed by atoms with Gasteiger partial charge in [0.15, 0.2) is 5.96 Å². The van der Waals surface area contributed by atoms with E-state index in [-0.39, 0.29) is 24.0 Å². The number of halogens is 1. The number of nitrogens with one attached hydrogen (secondary N) is 2. The van der Waals surface area contributed by atoms with Crippen LogP contribution in [0.5, 0.6) is 5.75 Å². The molecule has 2 rings (SSSR count). The second-order valence-electron chi connectivity index (χ2n) is 6.08. The van der Waals surface area contributed by atoms with E-state index in [9.17, 15) is 5.11 Å². The summed E-state index contributed by atoms with van der Waals surface area (Å²) in [5.41, 5.74) is 0.766. The van der Waals surface area contributed by atoms with Gasteiger partial charge in [0.1, 0.15) is 11.4 Å². The SMILES string of the molecule is CCNC(=NCc1cccc(OC)c1)NCC(C)(O)c1cnn(C)c1.I. The summed E-state index contributed by atoms with van der Waals surface area (Å²) in [6.45, 7) is 5.33. The summed E-state index contributed by atoms with van der Waals surface area (Å²) in [5.74, 6) is 1.46. The molecule has 3 N–H and O–H groups in total. The smallest absolute Gasteiger partial charge is 0.191 e. The lowest BCUT2D eigenvalue weighted by Crippen LogP contribution is -2.44. The zero-order chi connectivity index (χ0) is 18.3. The Hall–Kier alpha value is -1.81. The molecule has 144 valence electrons. The molecule has 0 fully saturated rings. The molecular weight excluding hydrogens is 445 g/mol. The Morgan fingerprint density at radius 3 is 2.77 bits per heavy atom. The third-order valence-electron chi connectivity index (χ3n) is 3.82. The van der Waals surface area contributed by atoms with Crippen LogP contribution in [0.15, 0.2) is 41.7 Å². The van der Waals surface area contributed by atoms with Crippen molar-refractivity contribution in [3.63, 3.8) is 0 Å². The summed E-state index contributed by atoms with van der Waals surface area (Å²) in [4.78, 5) is 4.57. The van der Waals surface area contributed by atoms with Crippen molar-refractivity contribution in [2.24, 2.45) is 12.0 Å². The van der Waals surface area contributed by atoms with Gasteiger partial charge >= 0.3 is 0 Å². The molecule has 26 heavy (non-hydrogen) atoms. The summed E-state index contributed by atoms with van der Waals surface area (Å²) in [5, 5.41) is 21.1. The topological polar surface area (TPSA) is 83.7 Å². The second-order valence-corrected chi connectivity index (χ2v) is 6.08. The maximum absolute atomic E-state index is 10.7. The molecule has 0 spiro atoms. The van der Waals surface area contributed by atoms with Crippen LogP contribution >= 0.6 is 24.0 Å². The van der Waals surface area contributed by atoms with Gasteiger partial charge in [0, 0.05) is 25.4 Å². The van der Waals surface area contributed by atoms with Crippen LogP contribution in [-0.4, -0.2) is 41.0 Å². The molecule has 1 atom stereocenters. The van der Waals surface area contributed by atoms with Gasteiger partial charge in [-0.25, -0.2) is 4.99 Å². The number of methoxy groups -OCH3 is 1. The Morgan fingerprint density at radius 1 is 1.38 bits per heavy atom. The highest BCUT2D eigenvalue weighted by Crippen LogP contribution is 2.18. The molecule has 0 bridgehead atoms. The van der Waals surface area contributed by atoms with Crippen molar-refractivity contribution in [2.75, 3.05) is 20.2 Å². The molecular formula is C18H28IN5O2. The largest absolute Gasteiger partial charge is 0.497 e. The molecule has 8 heteroatoms. The average molecular weight is 473 g/mol. The van der Waals surface area contributed by atoms with Crippen molar-refractivity contribution in [3.05, 3.63) is 47.8 Å². The standard InChI is InChI=1S/C18H27N5O2.HI/c1-5-19-17(20-10-14-7-6-8-16(9-14)25-4)21-13-18(2,24)15-11-22-23(3)12-15;/h6-9,11-12,24H,5,10,13H2,1-4H3,(H2,19,20,21);1H. The fourth-order valence-electron chi connectivity index (χ4n) is 2.34. The third-order valence-corrected chi connectivity index (χ3v) is 3.82. The summed E-state index contributed by atoms with van der Waals surface area (Å²) >= 11 is 0. The van der Waals surface area contributed by atoms with Crippen LogP contribution < -0.4 is 15.4 Å². The number of hydrogen-bond acceptors (Lipinski definition) is 4. The van der Waals surface area contributed by atoms with Crippen molar-refractivity contribution in [2.45, 2.75) is 26.0 Å². The van der Waals surface area contributed by atoms with Crippen LogP contribution in [0.2, 0.25) is 0 Å². The molecule has 2 aromatic rings. The second kappa shape index (κ2) is 10.4. The number of hydrogen-bond donors (Lipinski definition) is 3. The molecule has 0 radical (unpaired) electrons. The Morgan fingerprint density at radius 2 is 2.15 bits per heavy atom. The molecule has 0 amide bonds. The number of rotatable bonds is 7. The van der Waals surface area contributed by atoms with Crippen LogP contribution in [0.1, 0.15) is 25.0 Å². The summed E-state index contributed by atoms with van der Waals surface area (Å²) in [7, 11) is 3.47. The van der Waals surface area contributed by atoms with Gasteiger partial charge in [-0.15, -0.1) is 24.0 Å². The molecule has 0 saturated heterocycles. The zero-order valence-corrected chi connectivity index (χ0v) is 18.0. The molecule has 1 aromatic heterocycles. The minimum atomic E-state index is -1.04. The number of guanidine groups is 1. The van der Waals surface area contributed by atoms with E-state index >= 15 is 0 Å². The van der Waals surface area contributed by atoms with Gasteiger partial charge in [0.2, 0.25) is 0 Å². The number of aryl methyl sites for hydroxylation is 1. The third kappa shape index (κ3) is 6.49. The Balaban J connectivity index is 0.00000338. The minimum Gasteiger partial charge on any atom is -0.497 e. The van der Waals surface area contributed by atoms with Crippen molar-refractivity contribution < 1.29 is 9.84 Å².